The first-order valence-corrected chi connectivity index (χ1v) is 17.0. The minimum absolute atomic E-state index is 0.177. The predicted molar refractivity (Wildman–Crippen MR) is 189 cm³/mol. The summed E-state index contributed by atoms with van der Waals surface area (Å²) in [6, 6.07) is 21.4. The van der Waals surface area contributed by atoms with Crippen LogP contribution in [0.5, 0.6) is 0 Å². The number of ether oxygens (including phenoxy) is 1. The molecule has 0 radical (unpaired) electrons. The highest BCUT2D eigenvalue weighted by atomic mass is 35.5. The van der Waals surface area contributed by atoms with E-state index in [1.807, 2.05) is 65.3 Å². The highest BCUT2D eigenvalue weighted by molar-refractivity contribution is 6.34. The second-order valence-electron chi connectivity index (χ2n) is 12.2. The normalized spacial score (nSPS) is 15.3. The van der Waals surface area contributed by atoms with E-state index in [-0.39, 0.29) is 13.1 Å². The molecule has 4 N–H and O–H groups in total. The number of carbonyl (C=O) groups is 2. The molecule has 0 bridgehead atoms. The van der Waals surface area contributed by atoms with Crippen molar-refractivity contribution in [2.75, 3.05) is 39.4 Å². The number of aromatic nitrogens is 2. The zero-order valence-electron chi connectivity index (χ0n) is 27.0. The van der Waals surface area contributed by atoms with Crippen molar-refractivity contribution in [2.45, 2.75) is 38.7 Å². The van der Waals surface area contributed by atoms with E-state index >= 15 is 0 Å². The van der Waals surface area contributed by atoms with Gasteiger partial charge in [-0.1, -0.05) is 65.4 Å². The van der Waals surface area contributed by atoms with Gasteiger partial charge in [-0.3, -0.25) is 19.2 Å². The van der Waals surface area contributed by atoms with Crippen molar-refractivity contribution in [3.05, 3.63) is 110 Å². The second kappa shape index (κ2) is 16.0. The number of amides is 2. The van der Waals surface area contributed by atoms with Gasteiger partial charge in [-0.15, -0.1) is 0 Å². The van der Waals surface area contributed by atoms with Crippen LogP contribution in [0, 0.1) is 11.8 Å². The van der Waals surface area contributed by atoms with Crippen LogP contribution in [-0.2, 0) is 46.9 Å². The molecule has 3 heterocycles. The zero-order valence-corrected chi connectivity index (χ0v) is 28.5. The fraction of sp³-hybridized carbons (Fsp3) is 0.324. The van der Waals surface area contributed by atoms with Crippen LogP contribution in [0.2, 0.25) is 10.0 Å². The molecule has 6 rings (SSSR count). The molecule has 10 nitrogen and oxygen atoms in total. The lowest BCUT2D eigenvalue weighted by Crippen LogP contribution is -2.43. The van der Waals surface area contributed by atoms with Gasteiger partial charge in [-0.2, -0.15) is 5.10 Å². The molecule has 1 unspecified atom stereocenters. The average Bonchev–Trinajstić information content (AvgIpc) is 3.46. The molecule has 3 aromatic carbocycles. The molecular weight excluding hydrogens is 663 g/mol. The van der Waals surface area contributed by atoms with Gasteiger partial charge in [0.25, 0.3) is 0 Å². The van der Waals surface area contributed by atoms with Gasteiger partial charge in [0.05, 0.1) is 43.1 Å². The second-order valence-corrected chi connectivity index (χ2v) is 13.1. The van der Waals surface area contributed by atoms with E-state index in [1.54, 1.807) is 6.07 Å². The van der Waals surface area contributed by atoms with Crippen LogP contribution < -0.4 is 11.1 Å². The number of aliphatic hydroxyl groups excluding tert-OH is 1. The number of nitrogens with two attached hydrogens (primary N) is 1. The Morgan fingerprint density at radius 2 is 1.63 bits per heavy atom. The third-order valence-corrected chi connectivity index (χ3v) is 9.28. The van der Waals surface area contributed by atoms with E-state index in [0.29, 0.717) is 55.5 Å². The Balaban J connectivity index is 1.20. The van der Waals surface area contributed by atoms with Crippen LogP contribution in [0.1, 0.15) is 33.5 Å². The Hall–Kier alpha value is -4.21. The molecule has 0 aliphatic carbocycles. The van der Waals surface area contributed by atoms with Crippen molar-refractivity contribution in [3.8, 4) is 23.1 Å². The minimum Gasteiger partial charge on any atom is -0.390 e. The summed E-state index contributed by atoms with van der Waals surface area (Å²) in [7, 11) is 0. The maximum atomic E-state index is 12.5. The van der Waals surface area contributed by atoms with Crippen molar-refractivity contribution in [2.24, 2.45) is 5.73 Å². The van der Waals surface area contributed by atoms with Gasteiger partial charge >= 0.3 is 11.8 Å². The lowest BCUT2D eigenvalue weighted by Gasteiger charge is -2.29. The first kappa shape index (κ1) is 34.6. The average molecular weight is 702 g/mol. The predicted octanol–water partition coefficient (Wildman–Crippen LogP) is 3.61. The molecule has 49 heavy (non-hydrogen) atoms. The highest BCUT2D eigenvalue weighted by Gasteiger charge is 2.31. The fourth-order valence-electron chi connectivity index (χ4n) is 6.11. The molecule has 12 heteroatoms. The monoisotopic (exact) mass is 700 g/mol. The Morgan fingerprint density at radius 3 is 2.33 bits per heavy atom. The summed E-state index contributed by atoms with van der Waals surface area (Å²) in [5.41, 5.74) is 12.2. The van der Waals surface area contributed by atoms with Crippen LogP contribution in [0.15, 0.2) is 66.7 Å². The fourth-order valence-corrected chi connectivity index (χ4v) is 6.40. The number of rotatable bonds is 9. The van der Waals surface area contributed by atoms with Crippen LogP contribution in [-0.4, -0.2) is 82.0 Å². The Kier molecular flexibility index (Phi) is 11.3. The quantitative estimate of drug-likeness (QED) is 0.180. The van der Waals surface area contributed by atoms with E-state index in [2.05, 4.69) is 22.1 Å². The lowest BCUT2D eigenvalue weighted by atomic mass is 9.99. The van der Waals surface area contributed by atoms with Gasteiger partial charge in [-0.05, 0) is 47.5 Å². The third-order valence-electron chi connectivity index (χ3n) is 8.70. The maximum absolute atomic E-state index is 12.5. The molecule has 0 saturated carbocycles. The topological polar surface area (TPSA) is 126 Å². The minimum atomic E-state index is -0.996. The summed E-state index contributed by atoms with van der Waals surface area (Å²) >= 11 is 12.6. The number of hydrogen-bond donors (Lipinski definition) is 3. The summed E-state index contributed by atoms with van der Waals surface area (Å²) in [6.07, 6.45) is -0.184. The van der Waals surface area contributed by atoms with Crippen molar-refractivity contribution < 1.29 is 19.4 Å². The van der Waals surface area contributed by atoms with Gasteiger partial charge < -0.3 is 25.8 Å². The largest absolute Gasteiger partial charge is 0.390 e. The molecule has 1 saturated heterocycles. The van der Waals surface area contributed by atoms with Crippen molar-refractivity contribution in [1.82, 2.24) is 24.9 Å². The summed E-state index contributed by atoms with van der Waals surface area (Å²) < 4.78 is 7.26. The standard InChI is InChI=1S/C37H38Cl2N6O4/c38-30-10-6-27(7-11-30)21-41-20-26-3-1-25(2-4-26)5-8-28-19-29(9-12-33(28)39)35-32-24-44(37(48)36(40)47)14-13-34(32)45(42-35)23-31(46)22-43-15-17-49-18-16-43/h1-4,6-7,9-12,19,31,41,46H,13-18,20-24H2,(H2,40,47). The molecule has 4 aromatic rings. The summed E-state index contributed by atoms with van der Waals surface area (Å²) in [5, 5.41) is 20.6. The first-order chi connectivity index (χ1) is 23.7. The Bertz CT molecular complexity index is 1860. The molecule has 2 aliphatic rings. The highest BCUT2D eigenvalue weighted by Crippen LogP contribution is 2.32. The number of hydrogen-bond acceptors (Lipinski definition) is 7. The summed E-state index contributed by atoms with van der Waals surface area (Å²) in [5.74, 6) is 4.70. The van der Waals surface area contributed by atoms with Crippen LogP contribution >= 0.6 is 23.2 Å². The number of benzene rings is 3. The van der Waals surface area contributed by atoms with E-state index in [4.69, 9.17) is 38.8 Å². The van der Waals surface area contributed by atoms with Crippen molar-refractivity contribution in [1.29, 1.82) is 0 Å². The lowest BCUT2D eigenvalue weighted by molar-refractivity contribution is -0.144. The Labute approximate surface area is 295 Å². The molecule has 1 atom stereocenters. The zero-order chi connectivity index (χ0) is 34.3. The first-order valence-electron chi connectivity index (χ1n) is 16.2. The van der Waals surface area contributed by atoms with Gasteiger partial charge in [0, 0.05) is 78.7 Å². The van der Waals surface area contributed by atoms with Crippen molar-refractivity contribution >= 4 is 35.0 Å². The van der Waals surface area contributed by atoms with E-state index in [9.17, 15) is 14.7 Å². The summed E-state index contributed by atoms with van der Waals surface area (Å²) in [4.78, 5) is 27.9. The van der Waals surface area contributed by atoms with E-state index in [0.717, 1.165) is 58.2 Å². The van der Waals surface area contributed by atoms with Crippen LogP contribution in [0.4, 0.5) is 0 Å². The number of nitrogens with zero attached hydrogens (tertiary/aromatic N) is 4. The van der Waals surface area contributed by atoms with Gasteiger partial charge in [0.2, 0.25) is 0 Å². The smallest absolute Gasteiger partial charge is 0.311 e. The number of β-amino-alcohol motifs (C(OH)–C–C–N with tert-alkyl or cyclic N) is 1. The summed E-state index contributed by atoms with van der Waals surface area (Å²) in [6.45, 7) is 5.58. The molecule has 2 amide bonds. The Morgan fingerprint density at radius 1 is 0.939 bits per heavy atom. The molecule has 2 aliphatic heterocycles. The van der Waals surface area contributed by atoms with Gasteiger partial charge in [0.15, 0.2) is 0 Å². The number of primary amides is 1. The SMILES string of the molecule is NC(=O)C(=O)N1CCc2c(c(-c3ccc(Cl)c(C#Cc4ccc(CNCc5ccc(Cl)cc5)cc4)c3)nn2CC(O)CN2CCOCC2)C1. The van der Waals surface area contributed by atoms with E-state index in [1.165, 1.54) is 4.90 Å². The molecule has 254 valence electrons. The maximum Gasteiger partial charge on any atom is 0.311 e. The number of morpholine rings is 1. The van der Waals surface area contributed by atoms with Gasteiger partial charge in [-0.25, -0.2) is 0 Å². The van der Waals surface area contributed by atoms with Gasteiger partial charge in [0.1, 0.15) is 0 Å². The van der Waals surface area contributed by atoms with Crippen LogP contribution in [0.25, 0.3) is 11.3 Å². The number of halogens is 2. The third kappa shape index (κ3) is 8.88. The molecular formula is C37H38Cl2N6O4. The number of nitrogens with one attached hydrogen (secondary N) is 1. The molecule has 1 fully saturated rings. The van der Waals surface area contributed by atoms with Crippen LogP contribution in [0.3, 0.4) is 0 Å². The number of carbonyl (C=O) groups excluding carboxylic acids is 2. The van der Waals surface area contributed by atoms with Crippen molar-refractivity contribution in [3.63, 3.8) is 0 Å². The molecule has 1 aromatic heterocycles. The van der Waals surface area contributed by atoms with E-state index < -0.39 is 17.9 Å². The number of aliphatic hydroxyl groups is 1. The number of fused-ring (bicyclic) bond motifs is 1. The molecule has 0 spiro atoms.